The minimum atomic E-state index is -1.26. The van der Waals surface area contributed by atoms with Gasteiger partial charge in [0.15, 0.2) is 0 Å². The first kappa shape index (κ1) is 19.4. The third-order valence-electron chi connectivity index (χ3n) is 4.37. The Labute approximate surface area is 161 Å². The number of carboxylic acid groups (broad SMARTS) is 1. The molecule has 2 aromatic carbocycles. The van der Waals surface area contributed by atoms with Crippen LogP contribution in [-0.4, -0.2) is 27.7 Å². The van der Waals surface area contributed by atoms with E-state index in [1.54, 1.807) is 26.8 Å². The molecule has 0 radical (unpaired) electrons. The van der Waals surface area contributed by atoms with E-state index in [2.05, 4.69) is 0 Å². The van der Waals surface area contributed by atoms with Crippen LogP contribution in [0.3, 0.4) is 0 Å². The number of fused-ring (bicyclic) bond motifs is 1. The number of carbonyl (C=O) groups excluding carboxylic acids is 1. The molecule has 6 nitrogen and oxygen atoms in total. The minimum absolute atomic E-state index is 0.108. The SMILES string of the molecule is CC(C)(C)OC(=O)N1Cc2ccc(F)c(-c3ccc(C#N)cc3C(=O)O)c2C1. The lowest BCUT2D eigenvalue weighted by Gasteiger charge is -2.24. The number of hydrogen-bond acceptors (Lipinski definition) is 4. The van der Waals surface area contributed by atoms with Gasteiger partial charge in [0.2, 0.25) is 0 Å². The highest BCUT2D eigenvalue weighted by atomic mass is 19.1. The van der Waals surface area contributed by atoms with Gasteiger partial charge in [-0.05, 0) is 55.7 Å². The second kappa shape index (κ2) is 6.97. The van der Waals surface area contributed by atoms with Crippen molar-refractivity contribution in [2.24, 2.45) is 0 Å². The van der Waals surface area contributed by atoms with Crippen LogP contribution in [0.25, 0.3) is 11.1 Å². The Bertz CT molecular complexity index is 1020. The molecule has 1 aliphatic rings. The van der Waals surface area contributed by atoms with Crippen LogP contribution in [0.4, 0.5) is 9.18 Å². The van der Waals surface area contributed by atoms with Crippen molar-refractivity contribution in [3.63, 3.8) is 0 Å². The molecule has 0 unspecified atom stereocenters. The summed E-state index contributed by atoms with van der Waals surface area (Å²) in [6.07, 6.45) is -0.520. The number of halogens is 1. The molecule has 144 valence electrons. The van der Waals surface area contributed by atoms with E-state index in [0.717, 1.165) is 5.56 Å². The van der Waals surface area contributed by atoms with Gasteiger partial charge in [0.05, 0.1) is 23.7 Å². The van der Waals surface area contributed by atoms with Crippen molar-refractivity contribution in [2.45, 2.75) is 39.5 Å². The van der Waals surface area contributed by atoms with E-state index in [9.17, 15) is 19.1 Å². The van der Waals surface area contributed by atoms with Gasteiger partial charge in [0.25, 0.3) is 0 Å². The summed E-state index contributed by atoms with van der Waals surface area (Å²) in [4.78, 5) is 25.5. The summed E-state index contributed by atoms with van der Waals surface area (Å²) >= 11 is 0. The van der Waals surface area contributed by atoms with Crippen LogP contribution >= 0.6 is 0 Å². The number of rotatable bonds is 2. The molecule has 0 aromatic heterocycles. The van der Waals surface area contributed by atoms with Gasteiger partial charge in [0.1, 0.15) is 11.4 Å². The van der Waals surface area contributed by atoms with E-state index in [0.29, 0.717) is 5.56 Å². The maximum absolute atomic E-state index is 14.8. The van der Waals surface area contributed by atoms with Crippen molar-refractivity contribution in [3.8, 4) is 17.2 Å². The second-order valence-electron chi connectivity index (χ2n) is 7.57. The Kier molecular flexibility index (Phi) is 4.82. The van der Waals surface area contributed by atoms with E-state index in [4.69, 9.17) is 10.00 Å². The Hall–Kier alpha value is -3.40. The van der Waals surface area contributed by atoms with Crippen LogP contribution in [0.1, 0.15) is 47.8 Å². The lowest BCUT2D eigenvalue weighted by molar-refractivity contribution is 0.0241. The topological polar surface area (TPSA) is 90.6 Å². The Morgan fingerprint density at radius 3 is 2.54 bits per heavy atom. The van der Waals surface area contributed by atoms with Gasteiger partial charge in [0, 0.05) is 12.1 Å². The molecule has 0 aliphatic carbocycles. The molecule has 0 saturated carbocycles. The van der Waals surface area contributed by atoms with E-state index < -0.39 is 23.5 Å². The maximum Gasteiger partial charge on any atom is 0.410 e. The molecule has 2 aromatic rings. The molecule has 1 aliphatic heterocycles. The highest BCUT2D eigenvalue weighted by Gasteiger charge is 2.31. The molecular formula is C21H19FN2O4. The number of carbonyl (C=O) groups is 2. The third-order valence-corrected chi connectivity index (χ3v) is 4.37. The van der Waals surface area contributed by atoms with Gasteiger partial charge in [-0.1, -0.05) is 12.1 Å². The number of nitriles is 1. The Morgan fingerprint density at radius 2 is 1.93 bits per heavy atom. The van der Waals surface area contributed by atoms with Crippen molar-refractivity contribution in [2.75, 3.05) is 0 Å². The lowest BCUT2D eigenvalue weighted by Crippen LogP contribution is -2.33. The number of amides is 1. The Morgan fingerprint density at radius 1 is 1.21 bits per heavy atom. The largest absolute Gasteiger partial charge is 0.478 e. The zero-order valence-corrected chi connectivity index (χ0v) is 15.7. The first-order valence-electron chi connectivity index (χ1n) is 8.66. The molecular weight excluding hydrogens is 363 g/mol. The lowest BCUT2D eigenvalue weighted by atomic mass is 9.92. The first-order chi connectivity index (χ1) is 13.1. The molecule has 1 heterocycles. The summed E-state index contributed by atoms with van der Waals surface area (Å²) < 4.78 is 20.1. The van der Waals surface area contributed by atoms with Crippen LogP contribution < -0.4 is 0 Å². The second-order valence-corrected chi connectivity index (χ2v) is 7.57. The quantitative estimate of drug-likeness (QED) is 0.836. The predicted octanol–water partition coefficient (Wildman–Crippen LogP) is 4.31. The zero-order valence-electron chi connectivity index (χ0n) is 15.7. The summed E-state index contributed by atoms with van der Waals surface area (Å²) in [5.74, 6) is -1.84. The summed E-state index contributed by atoms with van der Waals surface area (Å²) in [6, 6.07) is 8.82. The van der Waals surface area contributed by atoms with Crippen LogP contribution in [0.5, 0.6) is 0 Å². The summed E-state index contributed by atoms with van der Waals surface area (Å²) in [5, 5.41) is 18.6. The number of benzene rings is 2. The van der Waals surface area contributed by atoms with E-state index in [-0.39, 0.29) is 35.3 Å². The predicted molar refractivity (Wildman–Crippen MR) is 99.0 cm³/mol. The zero-order chi connectivity index (χ0) is 20.6. The van der Waals surface area contributed by atoms with Crippen LogP contribution in [0.15, 0.2) is 30.3 Å². The number of hydrogen-bond donors (Lipinski definition) is 1. The van der Waals surface area contributed by atoms with Crippen molar-refractivity contribution >= 4 is 12.1 Å². The first-order valence-corrected chi connectivity index (χ1v) is 8.66. The van der Waals surface area contributed by atoms with Crippen molar-refractivity contribution in [1.29, 1.82) is 5.26 Å². The van der Waals surface area contributed by atoms with E-state index in [1.165, 1.54) is 29.2 Å². The highest BCUT2D eigenvalue weighted by molar-refractivity contribution is 5.97. The molecule has 3 rings (SSSR count). The van der Waals surface area contributed by atoms with Crippen LogP contribution in [0.2, 0.25) is 0 Å². The smallest absolute Gasteiger partial charge is 0.410 e. The number of nitrogens with zero attached hydrogens (tertiary/aromatic N) is 2. The van der Waals surface area contributed by atoms with Crippen molar-refractivity contribution in [1.82, 2.24) is 4.90 Å². The highest BCUT2D eigenvalue weighted by Crippen LogP contribution is 2.37. The minimum Gasteiger partial charge on any atom is -0.478 e. The molecule has 0 saturated heterocycles. The number of ether oxygens (including phenoxy) is 1. The average molecular weight is 382 g/mol. The fraction of sp³-hybridized carbons (Fsp3) is 0.286. The number of aromatic carboxylic acids is 1. The molecule has 7 heteroatoms. The summed E-state index contributed by atoms with van der Waals surface area (Å²) in [5.41, 5.74) is 0.911. The monoisotopic (exact) mass is 382 g/mol. The molecule has 0 spiro atoms. The van der Waals surface area contributed by atoms with Crippen LogP contribution in [0, 0.1) is 17.1 Å². The normalized spacial score (nSPS) is 13.0. The van der Waals surface area contributed by atoms with Gasteiger partial charge in [-0.25, -0.2) is 14.0 Å². The molecule has 0 bridgehead atoms. The Balaban J connectivity index is 2.07. The molecule has 1 N–H and O–H groups in total. The third kappa shape index (κ3) is 3.67. The fourth-order valence-corrected chi connectivity index (χ4v) is 3.20. The van der Waals surface area contributed by atoms with Crippen molar-refractivity contribution < 1.29 is 23.8 Å². The number of carboxylic acids is 1. The fourth-order valence-electron chi connectivity index (χ4n) is 3.20. The molecule has 0 fully saturated rings. The average Bonchev–Trinajstić information content (AvgIpc) is 3.04. The van der Waals surface area contributed by atoms with Crippen molar-refractivity contribution in [3.05, 3.63) is 58.4 Å². The van der Waals surface area contributed by atoms with Gasteiger partial charge in [-0.15, -0.1) is 0 Å². The van der Waals surface area contributed by atoms with Gasteiger partial charge < -0.3 is 9.84 Å². The molecule has 28 heavy (non-hydrogen) atoms. The maximum atomic E-state index is 14.8. The van der Waals surface area contributed by atoms with Gasteiger partial charge >= 0.3 is 12.1 Å². The van der Waals surface area contributed by atoms with E-state index >= 15 is 0 Å². The van der Waals surface area contributed by atoms with Crippen LogP contribution in [-0.2, 0) is 17.8 Å². The van der Waals surface area contributed by atoms with E-state index in [1.807, 2.05) is 6.07 Å². The summed E-state index contributed by atoms with van der Waals surface area (Å²) in [7, 11) is 0. The molecule has 1 amide bonds. The standard InChI is InChI=1S/C21H19FN2O4/c1-21(2,3)28-20(27)24-10-13-5-7-17(22)18(16(13)11-24)14-6-4-12(9-23)8-15(14)19(25)26/h4-8H,10-11H2,1-3H3,(H,25,26). The van der Waals surface area contributed by atoms with Gasteiger partial charge in [-0.3, -0.25) is 4.90 Å². The summed E-state index contributed by atoms with van der Waals surface area (Å²) in [6.45, 7) is 5.63. The molecule has 0 atom stereocenters. The van der Waals surface area contributed by atoms with Gasteiger partial charge in [-0.2, -0.15) is 5.26 Å².